The highest BCUT2D eigenvalue weighted by atomic mass is 16.5. The predicted octanol–water partition coefficient (Wildman–Crippen LogP) is 2.85. The third-order valence-corrected chi connectivity index (χ3v) is 4.79. The Hall–Kier alpha value is -4.40. The maximum Gasteiger partial charge on any atom is 0.290 e. The molecule has 0 saturated carbocycles. The van der Waals surface area contributed by atoms with Crippen LogP contribution in [0, 0.1) is 0 Å². The lowest BCUT2D eigenvalue weighted by molar-refractivity contribution is -0.117. The summed E-state index contributed by atoms with van der Waals surface area (Å²) in [5, 5.41) is 5.00. The highest BCUT2D eigenvalue weighted by Crippen LogP contribution is 2.28. The van der Waals surface area contributed by atoms with E-state index >= 15 is 0 Å². The lowest BCUT2D eigenvalue weighted by Crippen LogP contribution is -2.42. The Bertz CT molecular complexity index is 1300. The Balaban J connectivity index is 1.71. The summed E-state index contributed by atoms with van der Waals surface area (Å²) < 4.78 is 12.1. The van der Waals surface area contributed by atoms with Crippen LogP contribution in [0.5, 0.6) is 11.5 Å². The second kappa shape index (κ2) is 11.5. The SMILES string of the molecule is C=CCOc1ccc(/C=C/C(=O)NNC(=O)c2nn(CCC)c(=O)c3ccccc23)cc1OC. The molecule has 0 aliphatic carbocycles. The van der Waals surface area contributed by atoms with Crippen LogP contribution >= 0.6 is 0 Å². The van der Waals surface area contributed by atoms with Crippen LogP contribution in [0.3, 0.4) is 0 Å². The number of rotatable bonds is 9. The zero-order chi connectivity index (χ0) is 24.5. The molecule has 0 saturated heterocycles. The molecule has 34 heavy (non-hydrogen) atoms. The second-order valence-corrected chi connectivity index (χ2v) is 7.21. The number of aryl methyl sites for hydroxylation is 1. The van der Waals surface area contributed by atoms with Gasteiger partial charge in [-0.2, -0.15) is 5.10 Å². The Morgan fingerprint density at radius 3 is 2.59 bits per heavy atom. The molecular formula is C25H26N4O5. The van der Waals surface area contributed by atoms with Gasteiger partial charge in [-0.3, -0.25) is 25.2 Å². The summed E-state index contributed by atoms with van der Waals surface area (Å²) in [6.07, 6.45) is 5.14. The van der Waals surface area contributed by atoms with E-state index in [-0.39, 0.29) is 11.3 Å². The molecule has 0 aliphatic rings. The smallest absolute Gasteiger partial charge is 0.290 e. The molecule has 0 radical (unpaired) electrons. The zero-order valence-corrected chi connectivity index (χ0v) is 19.0. The van der Waals surface area contributed by atoms with Crippen molar-refractivity contribution in [2.24, 2.45) is 0 Å². The Labute approximate surface area is 196 Å². The van der Waals surface area contributed by atoms with Gasteiger partial charge >= 0.3 is 0 Å². The molecule has 9 nitrogen and oxygen atoms in total. The molecule has 3 rings (SSSR count). The molecule has 1 heterocycles. The van der Waals surface area contributed by atoms with Crippen LogP contribution in [0.4, 0.5) is 0 Å². The lowest BCUT2D eigenvalue weighted by Gasteiger charge is -2.11. The van der Waals surface area contributed by atoms with Crippen molar-refractivity contribution in [3.63, 3.8) is 0 Å². The summed E-state index contributed by atoms with van der Waals surface area (Å²) in [6, 6.07) is 11.9. The van der Waals surface area contributed by atoms with Crippen molar-refractivity contribution in [3.05, 3.63) is 82.8 Å². The van der Waals surface area contributed by atoms with E-state index in [1.54, 1.807) is 54.6 Å². The molecule has 3 aromatic rings. The van der Waals surface area contributed by atoms with Crippen LogP contribution in [-0.2, 0) is 11.3 Å². The number of nitrogens with zero attached hydrogens (tertiary/aromatic N) is 2. The summed E-state index contributed by atoms with van der Waals surface area (Å²) in [5.41, 5.74) is 5.16. The van der Waals surface area contributed by atoms with E-state index in [1.165, 1.54) is 17.9 Å². The van der Waals surface area contributed by atoms with Crippen LogP contribution in [0.15, 0.2) is 66.0 Å². The Morgan fingerprint density at radius 1 is 1.12 bits per heavy atom. The van der Waals surface area contributed by atoms with Gasteiger partial charge in [-0.05, 0) is 36.3 Å². The van der Waals surface area contributed by atoms with E-state index in [0.717, 1.165) is 0 Å². The Morgan fingerprint density at radius 2 is 1.88 bits per heavy atom. The summed E-state index contributed by atoms with van der Waals surface area (Å²) >= 11 is 0. The number of hydrazine groups is 1. The van der Waals surface area contributed by atoms with Crippen molar-refractivity contribution in [1.29, 1.82) is 0 Å². The number of carbonyl (C=O) groups excluding carboxylic acids is 2. The van der Waals surface area contributed by atoms with Gasteiger partial charge < -0.3 is 9.47 Å². The molecule has 176 valence electrons. The molecule has 9 heteroatoms. The van der Waals surface area contributed by atoms with E-state index in [2.05, 4.69) is 22.5 Å². The van der Waals surface area contributed by atoms with Crippen molar-refractivity contribution in [2.75, 3.05) is 13.7 Å². The first-order valence-electron chi connectivity index (χ1n) is 10.7. The predicted molar refractivity (Wildman–Crippen MR) is 130 cm³/mol. The number of aromatic nitrogens is 2. The quantitative estimate of drug-likeness (QED) is 0.287. The number of fused-ring (bicyclic) bond motifs is 1. The van der Waals surface area contributed by atoms with Crippen LogP contribution in [0.2, 0.25) is 0 Å². The normalized spacial score (nSPS) is 10.8. The fraction of sp³-hybridized carbons (Fsp3) is 0.200. The molecule has 1 aromatic heterocycles. The highest BCUT2D eigenvalue weighted by Gasteiger charge is 2.16. The number of hydrogen-bond donors (Lipinski definition) is 2. The van der Waals surface area contributed by atoms with Gasteiger partial charge in [0.15, 0.2) is 17.2 Å². The number of benzene rings is 2. The number of carbonyl (C=O) groups is 2. The fourth-order valence-electron chi connectivity index (χ4n) is 3.21. The molecule has 0 unspecified atom stereocenters. The van der Waals surface area contributed by atoms with Gasteiger partial charge in [0.05, 0.1) is 12.5 Å². The monoisotopic (exact) mass is 462 g/mol. The number of hydrogen-bond acceptors (Lipinski definition) is 6. The second-order valence-electron chi connectivity index (χ2n) is 7.21. The van der Waals surface area contributed by atoms with E-state index in [4.69, 9.17) is 9.47 Å². The molecule has 0 fully saturated rings. The molecule has 0 aliphatic heterocycles. The molecule has 2 aromatic carbocycles. The number of nitrogens with one attached hydrogen (secondary N) is 2. The van der Waals surface area contributed by atoms with Crippen LogP contribution in [0.1, 0.15) is 29.4 Å². The van der Waals surface area contributed by atoms with Crippen LogP contribution in [0.25, 0.3) is 16.8 Å². The van der Waals surface area contributed by atoms with E-state index < -0.39 is 11.8 Å². The van der Waals surface area contributed by atoms with Crippen LogP contribution < -0.4 is 25.9 Å². The molecule has 0 bridgehead atoms. The molecule has 0 atom stereocenters. The first-order valence-corrected chi connectivity index (χ1v) is 10.7. The van der Waals surface area contributed by atoms with Crippen molar-refractivity contribution in [2.45, 2.75) is 19.9 Å². The van der Waals surface area contributed by atoms with Gasteiger partial charge in [0.25, 0.3) is 17.4 Å². The highest BCUT2D eigenvalue weighted by molar-refractivity contribution is 6.05. The maximum absolute atomic E-state index is 12.7. The maximum atomic E-state index is 12.7. The van der Waals surface area contributed by atoms with E-state index in [1.807, 2.05) is 6.92 Å². The van der Waals surface area contributed by atoms with Gasteiger partial charge in [0.1, 0.15) is 6.61 Å². The van der Waals surface area contributed by atoms with Crippen LogP contribution in [-0.4, -0.2) is 35.3 Å². The molecular weight excluding hydrogens is 436 g/mol. The van der Waals surface area contributed by atoms with Crippen molar-refractivity contribution in [1.82, 2.24) is 20.6 Å². The Kier molecular flexibility index (Phi) is 8.17. The van der Waals surface area contributed by atoms with Crippen molar-refractivity contribution >= 4 is 28.7 Å². The average molecular weight is 463 g/mol. The van der Waals surface area contributed by atoms with Gasteiger partial charge in [0.2, 0.25) is 0 Å². The fourth-order valence-corrected chi connectivity index (χ4v) is 3.21. The van der Waals surface area contributed by atoms with Gasteiger partial charge in [-0.15, -0.1) is 0 Å². The summed E-state index contributed by atoms with van der Waals surface area (Å²) in [5.74, 6) is -0.114. The molecule has 0 spiro atoms. The van der Waals surface area contributed by atoms with Gasteiger partial charge in [0, 0.05) is 18.0 Å². The lowest BCUT2D eigenvalue weighted by atomic mass is 10.1. The topological polar surface area (TPSA) is 112 Å². The largest absolute Gasteiger partial charge is 0.493 e. The molecule has 2 N–H and O–H groups in total. The molecule has 2 amide bonds. The number of methoxy groups -OCH3 is 1. The number of ether oxygens (including phenoxy) is 2. The summed E-state index contributed by atoms with van der Waals surface area (Å²) in [7, 11) is 1.52. The van der Waals surface area contributed by atoms with Crippen molar-refractivity contribution in [3.8, 4) is 11.5 Å². The first-order chi connectivity index (χ1) is 16.5. The minimum absolute atomic E-state index is 0.0489. The first kappa shape index (κ1) is 24.2. The summed E-state index contributed by atoms with van der Waals surface area (Å²) in [6.45, 7) is 6.23. The zero-order valence-electron chi connectivity index (χ0n) is 19.0. The number of amides is 2. The standard InChI is InChI=1S/C25H26N4O5/c1-4-14-29-25(32)19-9-7-6-8-18(19)23(28-29)24(31)27-26-22(30)13-11-17-10-12-20(34-15-5-2)21(16-17)33-3/h5-13,16H,2,4,14-15H2,1,3H3,(H,26,30)(H,27,31)/b13-11+. The van der Waals surface area contributed by atoms with E-state index in [9.17, 15) is 14.4 Å². The van der Waals surface area contributed by atoms with E-state index in [0.29, 0.717) is 47.4 Å². The summed E-state index contributed by atoms with van der Waals surface area (Å²) in [4.78, 5) is 37.6. The third-order valence-electron chi connectivity index (χ3n) is 4.79. The minimum atomic E-state index is -0.631. The van der Waals surface area contributed by atoms with Gasteiger partial charge in [-0.25, -0.2) is 4.68 Å². The van der Waals surface area contributed by atoms with Gasteiger partial charge in [-0.1, -0.05) is 43.8 Å². The average Bonchev–Trinajstić information content (AvgIpc) is 2.86. The van der Waals surface area contributed by atoms with Crippen molar-refractivity contribution < 1.29 is 19.1 Å². The minimum Gasteiger partial charge on any atom is -0.493 e. The third kappa shape index (κ3) is 5.69.